The first-order valence-electron chi connectivity index (χ1n) is 9.77. The number of benzene rings is 2. The van der Waals surface area contributed by atoms with Gasteiger partial charge in [-0.05, 0) is 30.2 Å². The normalized spacial score (nSPS) is 23.6. The fourth-order valence-electron chi connectivity index (χ4n) is 4.43. The van der Waals surface area contributed by atoms with E-state index in [2.05, 4.69) is 0 Å². The Hall–Kier alpha value is -2.51. The standard InChI is InChI=1S/C22H23F2N3O2.ClH/c23-17-6-7-20(19(24)9-17)27-12-15(8-21(27)28)22(29)26-11-16(10-25)18(13-26)14-4-2-1-3-5-14;/h1-7,9,15-16,18H,8,10-13,25H2;1H/t15?,16-,18+;/m1./s1. The van der Waals surface area contributed by atoms with Gasteiger partial charge in [0.1, 0.15) is 11.6 Å². The lowest BCUT2D eigenvalue weighted by Gasteiger charge is -2.21. The number of hydrogen-bond donors (Lipinski definition) is 1. The molecular formula is C22H24ClF2N3O2. The van der Waals surface area contributed by atoms with Gasteiger partial charge in [0.05, 0.1) is 11.6 Å². The Balaban J connectivity index is 0.00000256. The van der Waals surface area contributed by atoms with E-state index in [1.807, 2.05) is 30.3 Å². The molecular weight excluding hydrogens is 412 g/mol. The zero-order valence-electron chi connectivity index (χ0n) is 16.3. The molecule has 2 fully saturated rings. The summed E-state index contributed by atoms with van der Waals surface area (Å²) in [5.74, 6) is -2.18. The second-order valence-electron chi connectivity index (χ2n) is 7.76. The van der Waals surface area contributed by atoms with Crippen molar-refractivity contribution in [3.63, 3.8) is 0 Å². The van der Waals surface area contributed by atoms with Crippen LogP contribution in [0.15, 0.2) is 48.5 Å². The van der Waals surface area contributed by atoms with Gasteiger partial charge in [-0.2, -0.15) is 0 Å². The minimum Gasteiger partial charge on any atom is -0.341 e. The molecule has 2 amide bonds. The van der Waals surface area contributed by atoms with Crippen molar-refractivity contribution < 1.29 is 18.4 Å². The summed E-state index contributed by atoms with van der Waals surface area (Å²) >= 11 is 0. The molecule has 4 rings (SSSR count). The molecule has 0 aliphatic carbocycles. The Morgan fingerprint density at radius 3 is 2.47 bits per heavy atom. The summed E-state index contributed by atoms with van der Waals surface area (Å²) in [7, 11) is 0. The molecule has 0 spiro atoms. The first-order chi connectivity index (χ1) is 14.0. The molecule has 5 nitrogen and oxygen atoms in total. The maximum Gasteiger partial charge on any atom is 0.228 e. The van der Waals surface area contributed by atoms with E-state index in [4.69, 9.17) is 5.73 Å². The summed E-state index contributed by atoms with van der Waals surface area (Å²) in [6.07, 6.45) is 0.0233. The molecule has 2 aromatic rings. The van der Waals surface area contributed by atoms with Crippen molar-refractivity contribution in [2.45, 2.75) is 12.3 Å². The summed E-state index contributed by atoms with van der Waals surface area (Å²) < 4.78 is 27.3. The minimum atomic E-state index is -0.806. The van der Waals surface area contributed by atoms with Crippen molar-refractivity contribution >= 4 is 29.9 Å². The highest BCUT2D eigenvalue weighted by Gasteiger charge is 2.42. The Bertz CT molecular complexity index is 928. The molecule has 160 valence electrons. The summed E-state index contributed by atoms with van der Waals surface area (Å²) in [4.78, 5) is 28.5. The summed E-state index contributed by atoms with van der Waals surface area (Å²) in [5, 5.41) is 0. The fraction of sp³-hybridized carbons (Fsp3) is 0.364. The number of hydrogen-bond acceptors (Lipinski definition) is 3. The number of halogens is 3. The summed E-state index contributed by atoms with van der Waals surface area (Å²) in [6, 6.07) is 13.1. The van der Waals surface area contributed by atoms with Gasteiger partial charge < -0.3 is 15.5 Å². The van der Waals surface area contributed by atoms with Crippen LogP contribution in [0.1, 0.15) is 17.9 Å². The van der Waals surface area contributed by atoms with Crippen LogP contribution in [0.2, 0.25) is 0 Å². The van der Waals surface area contributed by atoms with Gasteiger partial charge in [-0.15, -0.1) is 12.4 Å². The van der Waals surface area contributed by atoms with Gasteiger partial charge in [0.2, 0.25) is 11.8 Å². The van der Waals surface area contributed by atoms with E-state index in [9.17, 15) is 18.4 Å². The van der Waals surface area contributed by atoms with Crippen molar-refractivity contribution in [1.82, 2.24) is 4.90 Å². The molecule has 2 aromatic carbocycles. The summed E-state index contributed by atoms with van der Waals surface area (Å²) in [5.41, 5.74) is 7.11. The molecule has 2 N–H and O–H groups in total. The van der Waals surface area contributed by atoms with E-state index < -0.39 is 17.6 Å². The molecule has 0 radical (unpaired) electrons. The van der Waals surface area contributed by atoms with E-state index in [0.717, 1.165) is 17.7 Å². The summed E-state index contributed by atoms with van der Waals surface area (Å²) in [6.45, 7) is 1.67. The van der Waals surface area contributed by atoms with E-state index in [1.54, 1.807) is 4.90 Å². The van der Waals surface area contributed by atoms with Crippen LogP contribution in [0.4, 0.5) is 14.5 Å². The van der Waals surface area contributed by atoms with Crippen LogP contribution in [0, 0.1) is 23.5 Å². The lowest BCUT2D eigenvalue weighted by atomic mass is 9.89. The number of nitrogens with zero attached hydrogens (tertiary/aromatic N) is 2. The Labute approximate surface area is 180 Å². The van der Waals surface area contributed by atoms with Crippen molar-refractivity contribution in [3.05, 3.63) is 65.7 Å². The molecule has 0 bridgehead atoms. The molecule has 2 aliphatic heterocycles. The van der Waals surface area contributed by atoms with Gasteiger partial charge >= 0.3 is 0 Å². The average molecular weight is 436 g/mol. The molecule has 8 heteroatoms. The average Bonchev–Trinajstić information content (AvgIpc) is 3.32. The lowest BCUT2D eigenvalue weighted by molar-refractivity contribution is -0.134. The lowest BCUT2D eigenvalue weighted by Crippen LogP contribution is -2.36. The van der Waals surface area contributed by atoms with Crippen LogP contribution in [0.5, 0.6) is 0 Å². The van der Waals surface area contributed by atoms with Crippen LogP contribution < -0.4 is 10.6 Å². The van der Waals surface area contributed by atoms with Crippen LogP contribution in [0.25, 0.3) is 0 Å². The fourth-order valence-corrected chi connectivity index (χ4v) is 4.43. The zero-order chi connectivity index (χ0) is 20.5. The number of anilines is 1. The van der Waals surface area contributed by atoms with Crippen molar-refractivity contribution in [1.29, 1.82) is 0 Å². The van der Waals surface area contributed by atoms with Crippen LogP contribution in [0.3, 0.4) is 0 Å². The number of carbonyl (C=O) groups excluding carboxylic acids is 2. The maximum absolute atomic E-state index is 14.1. The zero-order valence-corrected chi connectivity index (χ0v) is 17.2. The predicted octanol–water partition coefficient (Wildman–Crippen LogP) is 2.94. The Morgan fingerprint density at radius 2 is 1.80 bits per heavy atom. The highest BCUT2D eigenvalue weighted by Crippen LogP contribution is 2.35. The molecule has 2 aliphatic rings. The number of likely N-dealkylation sites (tertiary alicyclic amines) is 1. The SMILES string of the molecule is Cl.NC[C@@H]1CN(C(=O)C2CC(=O)N(c3ccc(F)cc3F)C2)C[C@H]1c1ccccc1. The topological polar surface area (TPSA) is 66.6 Å². The van der Waals surface area contributed by atoms with Gasteiger partial charge in [-0.1, -0.05) is 30.3 Å². The second-order valence-corrected chi connectivity index (χ2v) is 7.76. The van der Waals surface area contributed by atoms with E-state index in [1.165, 1.54) is 11.0 Å². The van der Waals surface area contributed by atoms with Gasteiger partial charge in [0, 0.05) is 38.0 Å². The van der Waals surface area contributed by atoms with E-state index in [0.29, 0.717) is 19.6 Å². The highest BCUT2D eigenvalue weighted by atomic mass is 35.5. The number of carbonyl (C=O) groups is 2. The Morgan fingerprint density at radius 1 is 1.07 bits per heavy atom. The smallest absolute Gasteiger partial charge is 0.228 e. The van der Waals surface area contributed by atoms with E-state index >= 15 is 0 Å². The molecule has 1 unspecified atom stereocenters. The van der Waals surface area contributed by atoms with Crippen LogP contribution in [-0.4, -0.2) is 42.9 Å². The third kappa shape index (κ3) is 4.18. The number of rotatable bonds is 4. The maximum atomic E-state index is 14.1. The number of nitrogens with two attached hydrogens (primary N) is 1. The van der Waals surface area contributed by atoms with Crippen LogP contribution >= 0.6 is 12.4 Å². The van der Waals surface area contributed by atoms with Crippen molar-refractivity contribution in [2.24, 2.45) is 17.6 Å². The molecule has 2 heterocycles. The number of amides is 2. The predicted molar refractivity (Wildman–Crippen MR) is 112 cm³/mol. The molecule has 3 atom stereocenters. The third-order valence-corrected chi connectivity index (χ3v) is 5.96. The van der Waals surface area contributed by atoms with Gasteiger partial charge in [-0.3, -0.25) is 9.59 Å². The first kappa shape index (κ1) is 22.2. The third-order valence-electron chi connectivity index (χ3n) is 5.96. The molecule has 30 heavy (non-hydrogen) atoms. The van der Waals surface area contributed by atoms with Gasteiger partial charge in [-0.25, -0.2) is 8.78 Å². The molecule has 0 saturated carbocycles. The molecule has 2 saturated heterocycles. The largest absolute Gasteiger partial charge is 0.341 e. The Kier molecular flexibility index (Phi) is 6.73. The molecule has 0 aromatic heterocycles. The van der Waals surface area contributed by atoms with Crippen molar-refractivity contribution in [3.8, 4) is 0 Å². The minimum absolute atomic E-state index is 0. The quantitative estimate of drug-likeness (QED) is 0.803. The van der Waals surface area contributed by atoms with Gasteiger partial charge in [0.15, 0.2) is 0 Å². The van der Waals surface area contributed by atoms with Gasteiger partial charge in [0.25, 0.3) is 0 Å². The van der Waals surface area contributed by atoms with Crippen molar-refractivity contribution in [2.75, 3.05) is 31.1 Å². The van der Waals surface area contributed by atoms with E-state index in [-0.39, 0.29) is 54.7 Å². The monoisotopic (exact) mass is 435 g/mol. The highest BCUT2D eigenvalue weighted by molar-refractivity contribution is 6.00. The second kappa shape index (κ2) is 9.10. The first-order valence-corrected chi connectivity index (χ1v) is 9.77. The van der Waals surface area contributed by atoms with Crippen LogP contribution in [-0.2, 0) is 9.59 Å².